The maximum Gasteiger partial charge on any atom is 0.243 e. The van der Waals surface area contributed by atoms with Gasteiger partial charge in [-0.1, -0.05) is 12.1 Å². The standard InChI is InChI=1S/C18H22N4O2.2ClH/c1-24-13-5-2-4-12(8-13)14-9-22(10-15-16(14)21-11-20-15)17(23)18(19)6-3-7-18;;/h2,4-5,8,11,14H,3,6-7,9-10,19H2,1H3,(H,20,21);2*1H. The zero-order valence-electron chi connectivity index (χ0n) is 14.6. The van der Waals surface area contributed by atoms with Crippen molar-refractivity contribution in [3.8, 4) is 5.75 Å². The number of ether oxygens (including phenoxy) is 1. The summed E-state index contributed by atoms with van der Waals surface area (Å²) in [5.74, 6) is 0.895. The topological polar surface area (TPSA) is 84.2 Å². The summed E-state index contributed by atoms with van der Waals surface area (Å²) in [5.41, 5.74) is 8.69. The fraction of sp³-hybridized carbons (Fsp3) is 0.444. The van der Waals surface area contributed by atoms with Gasteiger partial charge in [-0.25, -0.2) is 4.98 Å². The molecule has 3 N–H and O–H groups in total. The largest absolute Gasteiger partial charge is 0.497 e. The van der Waals surface area contributed by atoms with Crippen molar-refractivity contribution in [3.63, 3.8) is 0 Å². The van der Waals surface area contributed by atoms with Crippen LogP contribution in [-0.2, 0) is 11.3 Å². The van der Waals surface area contributed by atoms with Crippen molar-refractivity contribution in [1.82, 2.24) is 14.9 Å². The average molecular weight is 399 g/mol. The lowest BCUT2D eigenvalue weighted by Gasteiger charge is -2.42. The normalized spacial score (nSPS) is 20.1. The molecule has 1 fully saturated rings. The molecule has 26 heavy (non-hydrogen) atoms. The first-order valence-electron chi connectivity index (χ1n) is 8.35. The van der Waals surface area contributed by atoms with Gasteiger partial charge in [0.1, 0.15) is 5.75 Å². The summed E-state index contributed by atoms with van der Waals surface area (Å²) in [4.78, 5) is 22.4. The summed E-state index contributed by atoms with van der Waals surface area (Å²) in [6.07, 6.45) is 4.29. The highest BCUT2D eigenvalue weighted by molar-refractivity contribution is 5.87. The van der Waals surface area contributed by atoms with Crippen LogP contribution in [0.4, 0.5) is 0 Å². The van der Waals surface area contributed by atoms with E-state index >= 15 is 0 Å². The quantitative estimate of drug-likeness (QED) is 0.831. The first kappa shape index (κ1) is 20.6. The van der Waals surface area contributed by atoms with Gasteiger partial charge in [0, 0.05) is 12.5 Å². The van der Waals surface area contributed by atoms with E-state index in [1.165, 1.54) is 0 Å². The van der Waals surface area contributed by atoms with E-state index < -0.39 is 5.54 Å². The van der Waals surface area contributed by atoms with Crippen LogP contribution >= 0.6 is 24.8 Å². The smallest absolute Gasteiger partial charge is 0.243 e. The molecule has 2 aliphatic rings. The van der Waals surface area contributed by atoms with Gasteiger partial charge >= 0.3 is 0 Å². The number of nitrogens with two attached hydrogens (primary N) is 1. The van der Waals surface area contributed by atoms with Gasteiger partial charge in [-0.15, -0.1) is 24.8 Å². The molecule has 1 unspecified atom stereocenters. The highest BCUT2D eigenvalue weighted by atomic mass is 35.5. The number of H-pyrrole nitrogens is 1. The third kappa shape index (κ3) is 3.41. The molecule has 6 nitrogen and oxygen atoms in total. The summed E-state index contributed by atoms with van der Waals surface area (Å²) >= 11 is 0. The van der Waals surface area contributed by atoms with E-state index in [-0.39, 0.29) is 36.6 Å². The molecule has 0 bridgehead atoms. The average Bonchev–Trinajstić information content (AvgIpc) is 3.06. The van der Waals surface area contributed by atoms with E-state index in [9.17, 15) is 4.79 Å². The van der Waals surface area contributed by atoms with Crippen LogP contribution in [0.25, 0.3) is 0 Å². The van der Waals surface area contributed by atoms with Gasteiger partial charge < -0.3 is 20.4 Å². The van der Waals surface area contributed by atoms with Crippen LogP contribution in [0.3, 0.4) is 0 Å². The Labute approximate surface area is 165 Å². The van der Waals surface area contributed by atoms with Gasteiger partial charge in [0.25, 0.3) is 0 Å². The second-order valence-corrected chi connectivity index (χ2v) is 6.79. The van der Waals surface area contributed by atoms with E-state index in [2.05, 4.69) is 16.0 Å². The number of rotatable bonds is 3. The Balaban J connectivity index is 0.00000121. The minimum Gasteiger partial charge on any atom is -0.497 e. The predicted molar refractivity (Wildman–Crippen MR) is 104 cm³/mol. The van der Waals surface area contributed by atoms with Crippen molar-refractivity contribution >= 4 is 30.7 Å². The number of carbonyl (C=O) groups is 1. The van der Waals surface area contributed by atoms with Crippen LogP contribution in [0, 0.1) is 0 Å². The maximum absolute atomic E-state index is 12.9. The molecule has 1 saturated carbocycles. The van der Waals surface area contributed by atoms with E-state index in [1.54, 1.807) is 13.4 Å². The van der Waals surface area contributed by atoms with E-state index in [4.69, 9.17) is 10.5 Å². The number of hydrogen-bond donors (Lipinski definition) is 2. The number of nitrogens with zero attached hydrogens (tertiary/aromatic N) is 2. The number of nitrogens with one attached hydrogen (secondary N) is 1. The highest BCUT2D eigenvalue weighted by Crippen LogP contribution is 2.37. The molecule has 1 atom stereocenters. The van der Waals surface area contributed by atoms with Gasteiger partial charge in [-0.3, -0.25) is 4.79 Å². The number of hydrogen-bond acceptors (Lipinski definition) is 4. The summed E-state index contributed by atoms with van der Waals surface area (Å²) in [6, 6.07) is 7.96. The highest BCUT2D eigenvalue weighted by Gasteiger charge is 2.44. The summed E-state index contributed by atoms with van der Waals surface area (Å²) in [5, 5.41) is 0. The Morgan fingerprint density at radius 3 is 2.81 bits per heavy atom. The Morgan fingerprint density at radius 1 is 1.38 bits per heavy atom. The lowest BCUT2D eigenvalue weighted by molar-refractivity contribution is -0.141. The van der Waals surface area contributed by atoms with Gasteiger partial charge in [-0.2, -0.15) is 0 Å². The Kier molecular flexibility index (Phi) is 6.21. The molecule has 2 aromatic rings. The van der Waals surface area contributed by atoms with Crippen LogP contribution < -0.4 is 10.5 Å². The number of halogens is 2. The monoisotopic (exact) mass is 398 g/mol. The minimum absolute atomic E-state index is 0. The zero-order valence-corrected chi connectivity index (χ0v) is 16.2. The lowest BCUT2D eigenvalue weighted by Crippen LogP contribution is -2.60. The van der Waals surface area contributed by atoms with Crippen molar-refractivity contribution < 1.29 is 9.53 Å². The number of carbonyl (C=O) groups excluding carboxylic acids is 1. The van der Waals surface area contributed by atoms with Gasteiger partial charge in [0.15, 0.2) is 0 Å². The van der Waals surface area contributed by atoms with Crippen LogP contribution in [0.5, 0.6) is 5.75 Å². The fourth-order valence-electron chi connectivity index (χ4n) is 3.68. The third-order valence-corrected chi connectivity index (χ3v) is 5.29. The zero-order chi connectivity index (χ0) is 16.7. The second-order valence-electron chi connectivity index (χ2n) is 6.79. The number of imidazole rings is 1. The summed E-state index contributed by atoms with van der Waals surface area (Å²) in [7, 11) is 1.66. The van der Waals surface area contributed by atoms with Crippen molar-refractivity contribution in [1.29, 1.82) is 0 Å². The van der Waals surface area contributed by atoms with Crippen molar-refractivity contribution in [2.24, 2.45) is 5.73 Å². The number of aromatic amines is 1. The molecular weight excluding hydrogens is 375 g/mol. The lowest BCUT2D eigenvalue weighted by atomic mass is 9.76. The molecule has 8 heteroatoms. The molecule has 1 aromatic carbocycles. The first-order chi connectivity index (χ1) is 11.6. The Morgan fingerprint density at radius 2 is 2.15 bits per heavy atom. The summed E-state index contributed by atoms with van der Waals surface area (Å²) < 4.78 is 5.34. The maximum atomic E-state index is 12.9. The summed E-state index contributed by atoms with van der Waals surface area (Å²) in [6.45, 7) is 1.15. The molecule has 2 heterocycles. The number of methoxy groups -OCH3 is 1. The Bertz CT molecular complexity index is 776. The molecule has 4 rings (SSSR count). The van der Waals surface area contributed by atoms with Crippen LogP contribution in [-0.4, -0.2) is 40.0 Å². The predicted octanol–water partition coefficient (Wildman–Crippen LogP) is 2.62. The fourth-order valence-corrected chi connectivity index (χ4v) is 3.68. The number of fused-ring (bicyclic) bond motifs is 1. The molecule has 0 saturated heterocycles. The number of amides is 1. The van der Waals surface area contributed by atoms with Gasteiger partial charge in [0.2, 0.25) is 5.91 Å². The molecular formula is C18H24Cl2N4O2. The Hall–Kier alpha value is -1.76. The van der Waals surface area contributed by atoms with Crippen molar-refractivity contribution in [2.45, 2.75) is 37.3 Å². The molecule has 0 spiro atoms. The number of aromatic nitrogens is 2. The van der Waals surface area contributed by atoms with Gasteiger partial charge in [-0.05, 0) is 37.0 Å². The second kappa shape index (κ2) is 7.86. The molecule has 1 aliphatic heterocycles. The van der Waals surface area contributed by atoms with Crippen molar-refractivity contribution in [2.75, 3.05) is 13.7 Å². The van der Waals surface area contributed by atoms with Crippen LogP contribution in [0.15, 0.2) is 30.6 Å². The minimum atomic E-state index is -0.670. The van der Waals surface area contributed by atoms with Crippen LogP contribution in [0.1, 0.15) is 42.1 Å². The molecule has 1 aliphatic carbocycles. The van der Waals surface area contributed by atoms with E-state index in [1.807, 2.05) is 23.1 Å². The SMILES string of the molecule is COc1cccc(C2CN(C(=O)C3(N)CCC3)Cc3[nH]cnc32)c1.Cl.Cl. The third-order valence-electron chi connectivity index (χ3n) is 5.29. The van der Waals surface area contributed by atoms with E-state index in [0.717, 1.165) is 42.0 Å². The van der Waals surface area contributed by atoms with Gasteiger partial charge in [0.05, 0.1) is 36.9 Å². The van der Waals surface area contributed by atoms with Crippen LogP contribution in [0.2, 0.25) is 0 Å². The molecule has 0 radical (unpaired) electrons. The molecule has 1 amide bonds. The first-order valence-corrected chi connectivity index (χ1v) is 8.35. The molecule has 142 valence electrons. The van der Waals surface area contributed by atoms with Crippen molar-refractivity contribution in [3.05, 3.63) is 47.5 Å². The van der Waals surface area contributed by atoms with E-state index in [0.29, 0.717) is 13.1 Å². The number of benzene rings is 1. The molecule has 1 aromatic heterocycles.